The molecule has 0 aliphatic rings. The third-order valence-electron chi connectivity index (χ3n) is 1.76. The maximum Gasteiger partial charge on any atom is 0.0671 e. The number of hydrogen-bond acceptors (Lipinski definition) is 2. The van der Waals surface area contributed by atoms with E-state index in [1.54, 1.807) is 0 Å². The first kappa shape index (κ1) is 11.9. The van der Waals surface area contributed by atoms with E-state index in [2.05, 4.69) is 26.1 Å². The Bertz CT molecular complexity index is 75.9. The van der Waals surface area contributed by atoms with Crippen molar-refractivity contribution in [1.82, 2.24) is 5.32 Å². The Hall–Kier alpha value is -0.0800. The Balaban J connectivity index is 3.04. The second-order valence-electron chi connectivity index (χ2n) is 3.24. The van der Waals surface area contributed by atoms with Crippen LogP contribution in [-0.2, 0) is 4.74 Å². The summed E-state index contributed by atoms with van der Waals surface area (Å²) in [5.41, 5.74) is 0. The van der Waals surface area contributed by atoms with E-state index in [1.807, 2.05) is 0 Å². The summed E-state index contributed by atoms with van der Waals surface area (Å²) in [5, 5.41) is 3.34. The van der Waals surface area contributed by atoms with Gasteiger partial charge in [0.1, 0.15) is 0 Å². The highest BCUT2D eigenvalue weighted by molar-refractivity contribution is 4.54. The summed E-state index contributed by atoms with van der Waals surface area (Å²) in [6.07, 6.45) is 3.96. The lowest BCUT2D eigenvalue weighted by Gasteiger charge is -2.12. The first-order chi connectivity index (χ1) is 5.81. The van der Waals surface area contributed by atoms with Gasteiger partial charge in [0.2, 0.25) is 0 Å². The minimum Gasteiger partial charge on any atom is -0.377 e. The zero-order chi connectivity index (χ0) is 9.23. The zero-order valence-corrected chi connectivity index (χ0v) is 8.73. The molecule has 74 valence electrons. The Labute approximate surface area is 76.7 Å². The molecular weight excluding hydrogens is 150 g/mol. The van der Waals surface area contributed by atoms with E-state index in [4.69, 9.17) is 4.74 Å². The van der Waals surface area contributed by atoms with Crippen molar-refractivity contribution in [3.8, 4) is 0 Å². The molecule has 0 aromatic heterocycles. The van der Waals surface area contributed by atoms with Crippen LogP contribution in [0.2, 0.25) is 0 Å². The highest BCUT2D eigenvalue weighted by Gasteiger charge is 1.99. The predicted octanol–water partition coefficient (Wildman–Crippen LogP) is 2.19. The highest BCUT2D eigenvalue weighted by atomic mass is 16.5. The van der Waals surface area contributed by atoms with Gasteiger partial charge >= 0.3 is 0 Å². The molecular formula is C10H23NO. The second kappa shape index (κ2) is 9.01. The van der Waals surface area contributed by atoms with E-state index >= 15 is 0 Å². The van der Waals surface area contributed by atoms with Crippen molar-refractivity contribution in [2.75, 3.05) is 19.7 Å². The molecule has 0 heterocycles. The van der Waals surface area contributed by atoms with Gasteiger partial charge < -0.3 is 10.1 Å². The Morgan fingerprint density at radius 2 is 2.00 bits per heavy atom. The highest BCUT2D eigenvalue weighted by Crippen LogP contribution is 1.93. The number of unbranched alkanes of at least 4 members (excludes halogenated alkanes) is 1. The van der Waals surface area contributed by atoms with Crippen molar-refractivity contribution < 1.29 is 4.74 Å². The molecule has 1 unspecified atom stereocenters. The van der Waals surface area contributed by atoms with E-state index in [-0.39, 0.29) is 0 Å². The molecule has 0 radical (unpaired) electrons. The molecule has 1 N–H and O–H groups in total. The normalized spacial score (nSPS) is 13.2. The summed E-state index contributed by atoms with van der Waals surface area (Å²) in [6, 6.07) is 0. The SMILES string of the molecule is CCCCOC(C)CNCCC. The number of hydrogen-bond donors (Lipinski definition) is 1. The van der Waals surface area contributed by atoms with Gasteiger partial charge in [-0.2, -0.15) is 0 Å². The van der Waals surface area contributed by atoms with Crippen LogP contribution in [0, 0.1) is 0 Å². The van der Waals surface area contributed by atoms with Crippen molar-refractivity contribution in [1.29, 1.82) is 0 Å². The van der Waals surface area contributed by atoms with Gasteiger partial charge in [0.05, 0.1) is 6.10 Å². The molecule has 0 bridgehead atoms. The largest absolute Gasteiger partial charge is 0.377 e. The van der Waals surface area contributed by atoms with Crippen LogP contribution in [0.25, 0.3) is 0 Å². The fraction of sp³-hybridized carbons (Fsp3) is 1.00. The third kappa shape index (κ3) is 8.02. The van der Waals surface area contributed by atoms with E-state index in [0.29, 0.717) is 6.10 Å². The van der Waals surface area contributed by atoms with E-state index in [0.717, 1.165) is 19.7 Å². The lowest BCUT2D eigenvalue weighted by molar-refractivity contribution is 0.0641. The van der Waals surface area contributed by atoms with E-state index in [9.17, 15) is 0 Å². The van der Waals surface area contributed by atoms with Crippen LogP contribution in [0.1, 0.15) is 40.0 Å². The second-order valence-corrected chi connectivity index (χ2v) is 3.24. The van der Waals surface area contributed by atoms with Gasteiger partial charge in [-0.15, -0.1) is 0 Å². The summed E-state index contributed by atoms with van der Waals surface area (Å²) in [6.45, 7) is 9.47. The molecule has 0 saturated heterocycles. The van der Waals surface area contributed by atoms with Crippen LogP contribution in [-0.4, -0.2) is 25.8 Å². The molecule has 0 aliphatic heterocycles. The number of rotatable bonds is 8. The topological polar surface area (TPSA) is 21.3 Å². The van der Waals surface area contributed by atoms with Crippen molar-refractivity contribution in [3.05, 3.63) is 0 Å². The van der Waals surface area contributed by atoms with Gasteiger partial charge in [-0.3, -0.25) is 0 Å². The minimum absolute atomic E-state index is 0.364. The van der Waals surface area contributed by atoms with Crippen LogP contribution in [0.5, 0.6) is 0 Å². The minimum atomic E-state index is 0.364. The van der Waals surface area contributed by atoms with Gasteiger partial charge in [0, 0.05) is 13.2 Å². The van der Waals surface area contributed by atoms with Gasteiger partial charge in [0.15, 0.2) is 0 Å². The molecule has 0 saturated carbocycles. The molecule has 0 aliphatic carbocycles. The Morgan fingerprint density at radius 1 is 1.25 bits per heavy atom. The van der Waals surface area contributed by atoms with Crippen LogP contribution in [0.3, 0.4) is 0 Å². The smallest absolute Gasteiger partial charge is 0.0671 e. The Kier molecular flexibility index (Phi) is 8.95. The van der Waals surface area contributed by atoms with Crippen molar-refractivity contribution in [2.45, 2.75) is 46.1 Å². The van der Waals surface area contributed by atoms with Gasteiger partial charge in [-0.25, -0.2) is 0 Å². The fourth-order valence-corrected chi connectivity index (χ4v) is 0.970. The van der Waals surface area contributed by atoms with Crippen LogP contribution in [0.15, 0.2) is 0 Å². The van der Waals surface area contributed by atoms with Gasteiger partial charge in [0.25, 0.3) is 0 Å². The predicted molar refractivity (Wildman–Crippen MR) is 53.5 cm³/mol. The van der Waals surface area contributed by atoms with Crippen LogP contribution < -0.4 is 5.32 Å². The zero-order valence-electron chi connectivity index (χ0n) is 8.73. The number of nitrogens with one attached hydrogen (secondary N) is 1. The van der Waals surface area contributed by atoms with E-state index < -0.39 is 0 Å². The molecule has 0 fully saturated rings. The summed E-state index contributed by atoms with van der Waals surface area (Å²) in [5.74, 6) is 0. The summed E-state index contributed by atoms with van der Waals surface area (Å²) < 4.78 is 5.57. The molecule has 12 heavy (non-hydrogen) atoms. The van der Waals surface area contributed by atoms with E-state index in [1.165, 1.54) is 19.3 Å². The average Bonchev–Trinajstić information content (AvgIpc) is 2.06. The molecule has 1 atom stereocenters. The third-order valence-corrected chi connectivity index (χ3v) is 1.76. The monoisotopic (exact) mass is 173 g/mol. The molecule has 2 heteroatoms. The fourth-order valence-electron chi connectivity index (χ4n) is 0.970. The van der Waals surface area contributed by atoms with Crippen LogP contribution in [0.4, 0.5) is 0 Å². The van der Waals surface area contributed by atoms with Crippen molar-refractivity contribution in [2.24, 2.45) is 0 Å². The Morgan fingerprint density at radius 3 is 2.58 bits per heavy atom. The molecule has 2 nitrogen and oxygen atoms in total. The average molecular weight is 173 g/mol. The quantitative estimate of drug-likeness (QED) is 0.568. The van der Waals surface area contributed by atoms with Crippen LogP contribution >= 0.6 is 0 Å². The maximum absolute atomic E-state index is 5.57. The lowest BCUT2D eigenvalue weighted by Crippen LogP contribution is -2.27. The molecule has 0 aromatic rings. The first-order valence-electron chi connectivity index (χ1n) is 5.13. The van der Waals surface area contributed by atoms with Gasteiger partial charge in [-0.05, 0) is 26.3 Å². The standard InChI is InChI=1S/C10H23NO/c1-4-6-8-12-10(3)9-11-7-5-2/h10-11H,4-9H2,1-3H3. The van der Waals surface area contributed by atoms with Gasteiger partial charge in [-0.1, -0.05) is 20.3 Å². The summed E-state index contributed by atoms with van der Waals surface area (Å²) >= 11 is 0. The number of ether oxygens (including phenoxy) is 1. The lowest BCUT2D eigenvalue weighted by atomic mass is 10.3. The van der Waals surface area contributed by atoms with Crippen molar-refractivity contribution >= 4 is 0 Å². The molecule has 0 aromatic carbocycles. The molecule has 0 rings (SSSR count). The summed E-state index contributed by atoms with van der Waals surface area (Å²) in [4.78, 5) is 0. The molecule has 0 amide bonds. The first-order valence-corrected chi connectivity index (χ1v) is 5.13. The maximum atomic E-state index is 5.57. The molecule has 0 spiro atoms. The summed E-state index contributed by atoms with van der Waals surface area (Å²) in [7, 11) is 0. The van der Waals surface area contributed by atoms with Crippen molar-refractivity contribution in [3.63, 3.8) is 0 Å².